The molecule has 4 nitrogen and oxygen atoms in total. The van der Waals surface area contributed by atoms with Gasteiger partial charge in [0.1, 0.15) is 5.82 Å². The number of anilines is 1. The van der Waals surface area contributed by atoms with E-state index in [1.807, 2.05) is 0 Å². The molecule has 1 aliphatic rings. The Kier molecular flexibility index (Phi) is 3.05. The summed E-state index contributed by atoms with van der Waals surface area (Å²) in [5, 5.41) is 12.0. The van der Waals surface area contributed by atoms with Gasteiger partial charge in [0.05, 0.1) is 5.56 Å². The summed E-state index contributed by atoms with van der Waals surface area (Å²) in [5.41, 5.74) is 0.646. The van der Waals surface area contributed by atoms with Crippen molar-refractivity contribution in [2.45, 2.75) is 26.7 Å². The van der Waals surface area contributed by atoms with Crippen LogP contribution in [0, 0.1) is 11.3 Å². The number of carboxylic acid groups (broad SMARTS) is 1. The van der Waals surface area contributed by atoms with Crippen molar-refractivity contribution < 1.29 is 9.90 Å². The number of hydrogen-bond donors (Lipinski definition) is 2. The Morgan fingerprint density at radius 3 is 2.65 bits per heavy atom. The minimum atomic E-state index is -0.940. The van der Waals surface area contributed by atoms with Crippen LogP contribution in [-0.4, -0.2) is 22.6 Å². The summed E-state index contributed by atoms with van der Waals surface area (Å²) in [4.78, 5) is 14.8. The average Bonchev–Trinajstić information content (AvgIpc) is 3.08. The molecule has 1 aromatic heterocycles. The Balaban J connectivity index is 1.94. The summed E-state index contributed by atoms with van der Waals surface area (Å²) < 4.78 is 0. The van der Waals surface area contributed by atoms with E-state index < -0.39 is 5.97 Å². The molecule has 1 heterocycles. The molecule has 1 aliphatic carbocycles. The maximum Gasteiger partial charge on any atom is 0.337 e. The highest BCUT2D eigenvalue weighted by Gasteiger charge is 2.44. The molecule has 0 aliphatic heterocycles. The number of carboxylic acids is 1. The van der Waals surface area contributed by atoms with E-state index in [2.05, 4.69) is 24.1 Å². The molecule has 0 amide bonds. The molecule has 0 aromatic carbocycles. The molecule has 92 valence electrons. The topological polar surface area (TPSA) is 62.2 Å². The summed E-state index contributed by atoms with van der Waals surface area (Å²) in [6.45, 7) is 5.41. The number of nitrogens with zero attached hydrogens (tertiary/aromatic N) is 1. The van der Waals surface area contributed by atoms with Crippen LogP contribution in [0.25, 0.3) is 0 Å². The summed E-state index contributed by atoms with van der Waals surface area (Å²) in [5.74, 6) is 0.486. The van der Waals surface area contributed by atoms with Gasteiger partial charge in [0, 0.05) is 12.7 Å². The van der Waals surface area contributed by atoms with Crippen LogP contribution in [0.4, 0.5) is 5.82 Å². The largest absolute Gasteiger partial charge is 0.478 e. The van der Waals surface area contributed by atoms with Gasteiger partial charge < -0.3 is 10.4 Å². The Morgan fingerprint density at radius 2 is 2.24 bits per heavy atom. The molecule has 1 fully saturated rings. The quantitative estimate of drug-likeness (QED) is 0.822. The van der Waals surface area contributed by atoms with Gasteiger partial charge in [-0.15, -0.1) is 0 Å². The van der Waals surface area contributed by atoms with Crippen LogP contribution < -0.4 is 5.32 Å². The lowest BCUT2D eigenvalue weighted by molar-refractivity contribution is 0.0696. The number of pyridine rings is 1. The lowest BCUT2D eigenvalue weighted by Crippen LogP contribution is -2.21. The Bertz CT molecular complexity index is 408. The van der Waals surface area contributed by atoms with Gasteiger partial charge in [0.15, 0.2) is 0 Å². The van der Waals surface area contributed by atoms with E-state index in [9.17, 15) is 4.79 Å². The van der Waals surface area contributed by atoms with Crippen molar-refractivity contribution in [2.75, 3.05) is 11.9 Å². The number of aromatic carboxylic acids is 1. The number of rotatable bonds is 5. The first-order valence-corrected chi connectivity index (χ1v) is 5.97. The number of aromatic nitrogens is 1. The van der Waals surface area contributed by atoms with Gasteiger partial charge in [-0.25, -0.2) is 9.78 Å². The van der Waals surface area contributed by atoms with Gasteiger partial charge in [0.2, 0.25) is 0 Å². The zero-order chi connectivity index (χ0) is 12.5. The van der Waals surface area contributed by atoms with E-state index in [1.165, 1.54) is 19.0 Å². The minimum Gasteiger partial charge on any atom is -0.478 e. The molecule has 1 aromatic rings. The molecule has 0 saturated heterocycles. The third kappa shape index (κ3) is 2.57. The van der Waals surface area contributed by atoms with Crippen molar-refractivity contribution in [1.29, 1.82) is 0 Å². The highest BCUT2D eigenvalue weighted by atomic mass is 16.4. The second-order valence-electron chi connectivity index (χ2n) is 5.11. The predicted octanol–water partition coefficient (Wildman–Crippen LogP) is 2.63. The van der Waals surface area contributed by atoms with Gasteiger partial charge in [-0.3, -0.25) is 0 Å². The second-order valence-corrected chi connectivity index (χ2v) is 5.11. The van der Waals surface area contributed by atoms with E-state index in [4.69, 9.17) is 5.11 Å². The fourth-order valence-corrected chi connectivity index (χ4v) is 2.01. The van der Waals surface area contributed by atoms with Gasteiger partial charge in [0.25, 0.3) is 0 Å². The molecule has 0 radical (unpaired) electrons. The zero-order valence-electron chi connectivity index (χ0n) is 10.2. The number of hydrogen-bond acceptors (Lipinski definition) is 3. The van der Waals surface area contributed by atoms with E-state index in [0.29, 0.717) is 11.3 Å². The number of carbonyl (C=O) groups is 1. The second kappa shape index (κ2) is 4.35. The van der Waals surface area contributed by atoms with Crippen LogP contribution in [0.5, 0.6) is 0 Å². The van der Waals surface area contributed by atoms with E-state index in [0.717, 1.165) is 12.4 Å². The summed E-state index contributed by atoms with van der Waals surface area (Å²) in [6.07, 6.45) is 3.93. The molecule has 17 heavy (non-hydrogen) atoms. The van der Waals surface area contributed by atoms with Gasteiger partial charge >= 0.3 is 5.97 Å². The Hall–Kier alpha value is -1.58. The first-order valence-electron chi connectivity index (χ1n) is 5.97. The summed E-state index contributed by atoms with van der Waals surface area (Å²) >= 11 is 0. The Labute approximate surface area is 101 Å². The minimum absolute atomic E-state index is 0.223. The van der Waals surface area contributed by atoms with E-state index in [-0.39, 0.29) is 5.56 Å². The molecule has 0 bridgehead atoms. The SMILES string of the molecule is CC(C)C1(CNc2ccc(C(=O)O)cn2)CC1. The third-order valence-corrected chi connectivity index (χ3v) is 3.75. The molecule has 2 rings (SSSR count). The lowest BCUT2D eigenvalue weighted by Gasteiger charge is -2.20. The summed E-state index contributed by atoms with van der Waals surface area (Å²) in [7, 11) is 0. The van der Waals surface area contributed by atoms with Gasteiger partial charge in [-0.2, -0.15) is 0 Å². The normalized spacial score (nSPS) is 16.9. The smallest absolute Gasteiger partial charge is 0.337 e. The van der Waals surface area contributed by atoms with Crippen molar-refractivity contribution in [3.05, 3.63) is 23.9 Å². The van der Waals surface area contributed by atoms with Crippen molar-refractivity contribution in [3.63, 3.8) is 0 Å². The number of nitrogens with one attached hydrogen (secondary N) is 1. The van der Waals surface area contributed by atoms with Gasteiger partial charge in [-0.05, 0) is 36.3 Å². The van der Waals surface area contributed by atoms with Crippen LogP contribution in [0.2, 0.25) is 0 Å². The van der Waals surface area contributed by atoms with Crippen molar-refractivity contribution in [1.82, 2.24) is 4.98 Å². The fraction of sp³-hybridized carbons (Fsp3) is 0.538. The van der Waals surface area contributed by atoms with Crippen LogP contribution in [0.3, 0.4) is 0 Å². The van der Waals surface area contributed by atoms with Crippen LogP contribution in [0.15, 0.2) is 18.3 Å². The highest BCUT2D eigenvalue weighted by Crippen LogP contribution is 2.51. The molecule has 4 heteroatoms. The van der Waals surface area contributed by atoms with Crippen LogP contribution >= 0.6 is 0 Å². The first kappa shape index (κ1) is 11.9. The highest BCUT2D eigenvalue weighted by molar-refractivity contribution is 5.87. The maximum absolute atomic E-state index is 10.7. The molecule has 0 spiro atoms. The van der Waals surface area contributed by atoms with E-state index >= 15 is 0 Å². The molecule has 1 saturated carbocycles. The molecule has 2 N–H and O–H groups in total. The monoisotopic (exact) mass is 234 g/mol. The Morgan fingerprint density at radius 1 is 1.53 bits per heavy atom. The van der Waals surface area contributed by atoms with Crippen LogP contribution in [-0.2, 0) is 0 Å². The zero-order valence-corrected chi connectivity index (χ0v) is 10.2. The van der Waals surface area contributed by atoms with E-state index in [1.54, 1.807) is 12.1 Å². The van der Waals surface area contributed by atoms with Crippen LogP contribution in [0.1, 0.15) is 37.0 Å². The average molecular weight is 234 g/mol. The first-order chi connectivity index (χ1) is 8.03. The van der Waals surface area contributed by atoms with Crippen molar-refractivity contribution in [2.24, 2.45) is 11.3 Å². The maximum atomic E-state index is 10.7. The molecular formula is C13H18N2O2. The molecular weight excluding hydrogens is 216 g/mol. The van der Waals surface area contributed by atoms with Crippen molar-refractivity contribution in [3.8, 4) is 0 Å². The third-order valence-electron chi connectivity index (χ3n) is 3.75. The molecule has 0 atom stereocenters. The van der Waals surface area contributed by atoms with Gasteiger partial charge in [-0.1, -0.05) is 13.8 Å². The van der Waals surface area contributed by atoms with Crippen molar-refractivity contribution >= 4 is 11.8 Å². The molecule has 0 unspecified atom stereocenters. The predicted molar refractivity (Wildman–Crippen MR) is 66.2 cm³/mol. The lowest BCUT2D eigenvalue weighted by atomic mass is 9.92. The standard InChI is InChI=1S/C13H18N2O2/c1-9(2)13(5-6-13)8-15-11-4-3-10(7-14-11)12(16)17/h3-4,7,9H,5-6,8H2,1-2H3,(H,14,15)(H,16,17). The summed E-state index contributed by atoms with van der Waals surface area (Å²) in [6, 6.07) is 3.30. The fourth-order valence-electron chi connectivity index (χ4n) is 2.01.